The Hall–Kier alpha value is -0.860. The lowest BCUT2D eigenvalue weighted by Gasteiger charge is -2.22. The molecule has 0 saturated carbocycles. The molecule has 1 aromatic rings. The molecule has 0 heterocycles. The summed E-state index contributed by atoms with van der Waals surface area (Å²) in [5.41, 5.74) is 2.74. The van der Waals surface area contributed by atoms with E-state index in [2.05, 4.69) is 50.4 Å². The minimum absolute atomic E-state index is 0.427. The van der Waals surface area contributed by atoms with Crippen molar-refractivity contribution in [3.63, 3.8) is 0 Å². The molecule has 0 aliphatic carbocycles. The van der Waals surface area contributed by atoms with E-state index in [4.69, 9.17) is 4.74 Å². The summed E-state index contributed by atoms with van der Waals surface area (Å²) >= 11 is 0. The quantitative estimate of drug-likeness (QED) is 0.762. The topological polar surface area (TPSA) is 21.3 Å². The van der Waals surface area contributed by atoms with Gasteiger partial charge >= 0.3 is 0 Å². The molecule has 0 spiro atoms. The van der Waals surface area contributed by atoms with Crippen LogP contribution in [0.3, 0.4) is 0 Å². The van der Waals surface area contributed by atoms with Gasteiger partial charge in [0.2, 0.25) is 0 Å². The van der Waals surface area contributed by atoms with Gasteiger partial charge in [0.25, 0.3) is 0 Å². The van der Waals surface area contributed by atoms with E-state index in [1.54, 1.807) is 0 Å². The van der Waals surface area contributed by atoms with Crippen molar-refractivity contribution in [1.29, 1.82) is 0 Å². The molecule has 0 radical (unpaired) electrons. The van der Waals surface area contributed by atoms with Crippen LogP contribution >= 0.6 is 0 Å². The molecule has 1 rings (SSSR count). The van der Waals surface area contributed by atoms with Crippen molar-refractivity contribution in [2.75, 3.05) is 13.2 Å². The molecule has 18 heavy (non-hydrogen) atoms. The average molecular weight is 249 g/mol. The van der Waals surface area contributed by atoms with Crippen molar-refractivity contribution in [3.8, 4) is 0 Å². The molecular weight excluding hydrogens is 222 g/mol. The van der Waals surface area contributed by atoms with Crippen molar-refractivity contribution < 1.29 is 4.74 Å². The van der Waals surface area contributed by atoms with E-state index in [1.807, 2.05) is 6.92 Å². The second-order valence-electron chi connectivity index (χ2n) is 5.06. The van der Waals surface area contributed by atoms with Crippen molar-refractivity contribution in [1.82, 2.24) is 5.32 Å². The van der Waals surface area contributed by atoms with E-state index in [-0.39, 0.29) is 0 Å². The van der Waals surface area contributed by atoms with Crippen LogP contribution in [0.25, 0.3) is 0 Å². The number of nitrogens with one attached hydrogen (secondary N) is 1. The van der Waals surface area contributed by atoms with Crippen LogP contribution in [0.15, 0.2) is 24.3 Å². The van der Waals surface area contributed by atoms with E-state index in [9.17, 15) is 0 Å². The summed E-state index contributed by atoms with van der Waals surface area (Å²) in [6.45, 7) is 11.2. The van der Waals surface area contributed by atoms with Crippen LogP contribution < -0.4 is 5.32 Å². The molecule has 1 atom stereocenters. The molecule has 1 N–H and O–H groups in total. The van der Waals surface area contributed by atoms with Gasteiger partial charge in [0.15, 0.2) is 0 Å². The smallest absolute Gasteiger partial charge is 0.0622 e. The van der Waals surface area contributed by atoms with Crippen molar-refractivity contribution in [3.05, 3.63) is 35.4 Å². The first-order chi connectivity index (χ1) is 8.67. The zero-order valence-electron chi connectivity index (χ0n) is 12.2. The molecule has 0 aromatic heterocycles. The Bertz CT molecular complexity index is 318. The SMILES string of the molecule is CCOCC(NCc1ccc(CC)cc1)C(C)C. The molecule has 0 bridgehead atoms. The molecule has 102 valence electrons. The average Bonchev–Trinajstić information content (AvgIpc) is 2.39. The normalized spacial score (nSPS) is 12.9. The Morgan fingerprint density at radius 1 is 1.06 bits per heavy atom. The molecule has 0 saturated heterocycles. The molecule has 1 aromatic carbocycles. The first-order valence-electron chi connectivity index (χ1n) is 7.06. The van der Waals surface area contributed by atoms with Crippen molar-refractivity contribution in [2.24, 2.45) is 5.92 Å². The molecule has 0 aliphatic rings. The number of rotatable bonds is 8. The Morgan fingerprint density at radius 3 is 2.17 bits per heavy atom. The summed E-state index contributed by atoms with van der Waals surface area (Å²) in [6, 6.07) is 9.28. The highest BCUT2D eigenvalue weighted by atomic mass is 16.5. The molecule has 0 amide bonds. The van der Waals surface area contributed by atoms with E-state index in [1.165, 1.54) is 11.1 Å². The fourth-order valence-corrected chi connectivity index (χ4v) is 1.87. The van der Waals surface area contributed by atoms with Crippen LogP contribution in [0.5, 0.6) is 0 Å². The van der Waals surface area contributed by atoms with Crippen LogP contribution in [0.2, 0.25) is 0 Å². The molecular formula is C16H27NO. The van der Waals surface area contributed by atoms with Gasteiger partial charge in [-0.1, -0.05) is 45.0 Å². The second kappa shape index (κ2) is 8.28. The minimum Gasteiger partial charge on any atom is -0.380 e. The zero-order valence-corrected chi connectivity index (χ0v) is 12.2. The van der Waals surface area contributed by atoms with Crippen molar-refractivity contribution >= 4 is 0 Å². The third kappa shape index (κ3) is 5.19. The molecule has 0 fully saturated rings. The summed E-state index contributed by atoms with van der Waals surface area (Å²) < 4.78 is 5.52. The van der Waals surface area contributed by atoms with Gasteiger partial charge in [0.1, 0.15) is 0 Å². The van der Waals surface area contributed by atoms with Gasteiger partial charge in [-0.2, -0.15) is 0 Å². The second-order valence-corrected chi connectivity index (χ2v) is 5.06. The number of aryl methyl sites for hydroxylation is 1. The Kier molecular flexibility index (Phi) is 6.99. The third-order valence-electron chi connectivity index (χ3n) is 3.31. The summed E-state index contributed by atoms with van der Waals surface area (Å²) in [6.07, 6.45) is 1.10. The summed E-state index contributed by atoms with van der Waals surface area (Å²) in [7, 11) is 0. The highest BCUT2D eigenvalue weighted by molar-refractivity contribution is 5.22. The van der Waals surface area contributed by atoms with E-state index in [0.29, 0.717) is 12.0 Å². The van der Waals surface area contributed by atoms with Gasteiger partial charge in [-0.05, 0) is 30.4 Å². The fourth-order valence-electron chi connectivity index (χ4n) is 1.87. The first-order valence-corrected chi connectivity index (χ1v) is 7.06. The summed E-state index contributed by atoms with van der Waals surface area (Å²) in [4.78, 5) is 0. The van der Waals surface area contributed by atoms with Crippen molar-refractivity contribution in [2.45, 2.75) is 46.7 Å². The fraction of sp³-hybridized carbons (Fsp3) is 0.625. The van der Waals surface area contributed by atoms with Crippen LogP contribution in [-0.4, -0.2) is 19.3 Å². The van der Waals surface area contributed by atoms with Gasteiger partial charge in [-0.3, -0.25) is 0 Å². The number of hydrogen-bond donors (Lipinski definition) is 1. The highest BCUT2D eigenvalue weighted by Gasteiger charge is 2.12. The summed E-state index contributed by atoms with van der Waals surface area (Å²) in [5, 5.41) is 3.58. The van der Waals surface area contributed by atoms with Gasteiger partial charge < -0.3 is 10.1 Å². The lowest BCUT2D eigenvalue weighted by Crippen LogP contribution is -2.37. The first kappa shape index (κ1) is 15.2. The van der Waals surface area contributed by atoms with Crippen LogP contribution in [0, 0.1) is 5.92 Å². The minimum atomic E-state index is 0.427. The monoisotopic (exact) mass is 249 g/mol. The maximum atomic E-state index is 5.52. The van der Waals surface area contributed by atoms with Gasteiger partial charge in [0.05, 0.1) is 6.61 Å². The number of ether oxygens (including phenoxy) is 1. The molecule has 2 heteroatoms. The van der Waals surface area contributed by atoms with Crippen LogP contribution in [-0.2, 0) is 17.7 Å². The zero-order chi connectivity index (χ0) is 13.4. The maximum absolute atomic E-state index is 5.52. The maximum Gasteiger partial charge on any atom is 0.0622 e. The predicted octanol–water partition coefficient (Wildman–Crippen LogP) is 3.40. The van der Waals surface area contributed by atoms with E-state index >= 15 is 0 Å². The van der Waals surface area contributed by atoms with E-state index in [0.717, 1.165) is 26.2 Å². The van der Waals surface area contributed by atoms with Gasteiger partial charge in [-0.15, -0.1) is 0 Å². The number of benzene rings is 1. The highest BCUT2D eigenvalue weighted by Crippen LogP contribution is 2.07. The molecule has 0 aliphatic heterocycles. The molecule has 1 unspecified atom stereocenters. The molecule has 2 nitrogen and oxygen atoms in total. The van der Waals surface area contributed by atoms with Gasteiger partial charge in [0, 0.05) is 19.2 Å². The Balaban J connectivity index is 2.44. The van der Waals surface area contributed by atoms with Crippen LogP contribution in [0.4, 0.5) is 0 Å². The predicted molar refractivity (Wildman–Crippen MR) is 77.8 cm³/mol. The van der Waals surface area contributed by atoms with E-state index < -0.39 is 0 Å². The van der Waals surface area contributed by atoms with Crippen LogP contribution in [0.1, 0.15) is 38.8 Å². The summed E-state index contributed by atoms with van der Waals surface area (Å²) in [5.74, 6) is 0.589. The van der Waals surface area contributed by atoms with Gasteiger partial charge in [-0.25, -0.2) is 0 Å². The largest absolute Gasteiger partial charge is 0.380 e. The standard InChI is InChI=1S/C16H27NO/c1-5-14-7-9-15(10-8-14)11-17-16(13(3)4)12-18-6-2/h7-10,13,16-17H,5-6,11-12H2,1-4H3. The lowest BCUT2D eigenvalue weighted by molar-refractivity contribution is 0.108. The number of hydrogen-bond acceptors (Lipinski definition) is 2. The third-order valence-corrected chi connectivity index (χ3v) is 3.31. The Labute approximate surface area is 112 Å². The lowest BCUT2D eigenvalue weighted by atomic mass is 10.0. The Morgan fingerprint density at radius 2 is 1.67 bits per heavy atom.